The molecule has 1 atom stereocenters. The lowest BCUT2D eigenvalue weighted by atomic mass is 9.88. The number of hydrogen-bond acceptors (Lipinski definition) is 6. The molecule has 0 fully saturated rings. The zero-order valence-corrected chi connectivity index (χ0v) is 25.4. The van der Waals surface area contributed by atoms with Crippen LogP contribution in [0.4, 0.5) is 4.79 Å². The van der Waals surface area contributed by atoms with Crippen LogP contribution in [0.3, 0.4) is 0 Å². The maximum atomic E-state index is 13.3. The van der Waals surface area contributed by atoms with Gasteiger partial charge in [-0.25, -0.2) is 9.59 Å². The summed E-state index contributed by atoms with van der Waals surface area (Å²) in [5, 5.41) is 12.2. The molecule has 40 heavy (non-hydrogen) atoms. The Hall–Kier alpha value is -3.16. The van der Waals surface area contributed by atoms with Crippen molar-refractivity contribution >= 4 is 76.7 Å². The van der Waals surface area contributed by atoms with Crippen molar-refractivity contribution in [2.24, 2.45) is 0 Å². The van der Waals surface area contributed by atoms with Gasteiger partial charge in [-0.1, -0.05) is 109 Å². The third-order valence-corrected chi connectivity index (χ3v) is 9.85. The number of fused-ring (bicyclic) bond motifs is 2. The molecule has 0 aromatic heterocycles. The summed E-state index contributed by atoms with van der Waals surface area (Å²) < 4.78 is 11.3. The normalized spacial score (nSPS) is 13.2. The Morgan fingerprint density at radius 3 is 1.98 bits per heavy atom. The first-order chi connectivity index (χ1) is 18.9. The van der Waals surface area contributed by atoms with E-state index in [0.29, 0.717) is 5.75 Å². The zero-order valence-electron chi connectivity index (χ0n) is 23.8. The van der Waals surface area contributed by atoms with E-state index in [1.54, 1.807) is 31.6 Å². The van der Waals surface area contributed by atoms with Crippen LogP contribution in [0.25, 0.3) is 43.1 Å². The molecule has 0 bridgehead atoms. The molecule has 5 nitrogen and oxygen atoms in total. The standard InChI is InChI=1S/C33H35NO4S2/c1-32(2,3)38-31(36)34-27(19-39-40-33(4,5)6)30(35)37-18-21-16-17-26-24-14-8-11-20-10-7-13-23(28(20)24)25-15-9-12-22(21)29(25)26/h7-17,27H,18-19H2,1-6H3,(H,34,36)/t27-/m0/s1. The highest BCUT2D eigenvalue weighted by molar-refractivity contribution is 8.77. The number of hydrogen-bond donors (Lipinski definition) is 1. The molecule has 0 heterocycles. The Morgan fingerprint density at radius 2 is 1.35 bits per heavy atom. The predicted molar refractivity (Wildman–Crippen MR) is 170 cm³/mol. The van der Waals surface area contributed by atoms with Crippen LogP contribution in [0.1, 0.15) is 47.1 Å². The van der Waals surface area contributed by atoms with E-state index in [4.69, 9.17) is 9.47 Å². The Labute approximate surface area is 243 Å². The molecule has 5 aromatic carbocycles. The molecule has 0 aliphatic heterocycles. The molecule has 0 aliphatic rings. The molecule has 0 saturated heterocycles. The van der Waals surface area contributed by atoms with E-state index in [0.717, 1.165) is 10.9 Å². The van der Waals surface area contributed by atoms with Crippen LogP contribution in [0.2, 0.25) is 0 Å². The molecule has 7 heteroatoms. The molecular formula is C33H35NO4S2. The predicted octanol–water partition coefficient (Wildman–Crippen LogP) is 8.85. The van der Waals surface area contributed by atoms with E-state index in [1.807, 2.05) is 6.07 Å². The molecule has 5 aromatic rings. The van der Waals surface area contributed by atoms with Crippen LogP contribution in [0.5, 0.6) is 0 Å². The molecule has 0 saturated carbocycles. The van der Waals surface area contributed by atoms with Gasteiger partial charge in [0.25, 0.3) is 0 Å². The summed E-state index contributed by atoms with van der Waals surface area (Å²) in [4.78, 5) is 25.8. The number of alkyl carbamates (subject to hydrolysis) is 1. The van der Waals surface area contributed by atoms with Crippen LogP contribution >= 0.6 is 21.6 Å². The number of ether oxygens (including phenoxy) is 2. The first-order valence-electron chi connectivity index (χ1n) is 13.5. The lowest BCUT2D eigenvalue weighted by molar-refractivity contribution is -0.146. The first kappa shape index (κ1) is 28.4. The third kappa shape index (κ3) is 6.11. The van der Waals surface area contributed by atoms with Crippen molar-refractivity contribution in [3.8, 4) is 0 Å². The average molecular weight is 574 g/mol. The van der Waals surface area contributed by atoms with Gasteiger partial charge in [-0.05, 0) is 69.4 Å². The fourth-order valence-corrected chi connectivity index (χ4v) is 7.43. The SMILES string of the molecule is CC(C)(C)OC(=O)N[C@@H](CSSC(C)(C)C)C(=O)OCc1ccc2c3cccc4cccc(c5cccc1c52)c43. The lowest BCUT2D eigenvalue weighted by Gasteiger charge is -2.24. The summed E-state index contributed by atoms with van der Waals surface area (Å²) in [7, 11) is 3.19. The molecule has 5 rings (SSSR count). The monoisotopic (exact) mass is 573 g/mol. The van der Waals surface area contributed by atoms with Crippen LogP contribution in [-0.2, 0) is 20.9 Å². The number of benzene rings is 5. The minimum atomic E-state index is -0.834. The number of rotatable bonds is 7. The van der Waals surface area contributed by atoms with Crippen LogP contribution < -0.4 is 5.32 Å². The summed E-state index contributed by atoms with van der Waals surface area (Å²) >= 11 is 0. The Kier molecular flexibility index (Phi) is 7.81. The lowest BCUT2D eigenvalue weighted by Crippen LogP contribution is -2.45. The first-order valence-corrected chi connectivity index (χ1v) is 15.8. The Balaban J connectivity index is 1.43. The fraction of sp³-hybridized carbons (Fsp3) is 0.333. The van der Waals surface area contributed by atoms with Crippen molar-refractivity contribution in [1.82, 2.24) is 5.32 Å². The zero-order chi connectivity index (χ0) is 28.7. The Morgan fingerprint density at radius 1 is 0.775 bits per heavy atom. The molecule has 0 spiro atoms. The highest BCUT2D eigenvalue weighted by Gasteiger charge is 2.27. The number of amides is 1. The van der Waals surface area contributed by atoms with E-state index in [9.17, 15) is 9.59 Å². The summed E-state index contributed by atoms with van der Waals surface area (Å²) in [5.74, 6) is -0.117. The Bertz CT molecular complexity index is 1650. The molecule has 0 unspecified atom stereocenters. The van der Waals surface area contributed by atoms with Crippen molar-refractivity contribution in [2.75, 3.05) is 5.75 Å². The minimum Gasteiger partial charge on any atom is -0.459 e. The quantitative estimate of drug-likeness (QED) is 0.0908. The second-order valence-corrected chi connectivity index (χ2v) is 15.2. The maximum absolute atomic E-state index is 13.3. The topological polar surface area (TPSA) is 64.6 Å². The number of esters is 1. The van der Waals surface area contributed by atoms with Crippen LogP contribution in [0.15, 0.2) is 66.7 Å². The number of carbonyl (C=O) groups is 2. The molecular weight excluding hydrogens is 539 g/mol. The van der Waals surface area contributed by atoms with Crippen molar-refractivity contribution in [2.45, 2.75) is 64.5 Å². The summed E-state index contributed by atoms with van der Waals surface area (Å²) in [5.41, 5.74) is 0.256. The van der Waals surface area contributed by atoms with Gasteiger partial charge in [0.2, 0.25) is 0 Å². The van der Waals surface area contributed by atoms with Gasteiger partial charge in [0.15, 0.2) is 0 Å². The van der Waals surface area contributed by atoms with E-state index < -0.39 is 23.7 Å². The van der Waals surface area contributed by atoms with Crippen LogP contribution in [-0.4, -0.2) is 34.2 Å². The second-order valence-electron chi connectivity index (χ2n) is 12.0. The van der Waals surface area contributed by atoms with Gasteiger partial charge < -0.3 is 14.8 Å². The summed E-state index contributed by atoms with van der Waals surface area (Å²) in [6, 6.07) is 22.5. The van der Waals surface area contributed by atoms with Crippen molar-refractivity contribution in [3.63, 3.8) is 0 Å². The third-order valence-electron chi connectivity index (χ3n) is 6.51. The average Bonchev–Trinajstić information content (AvgIpc) is 2.88. The van der Waals surface area contributed by atoms with E-state index >= 15 is 0 Å². The minimum absolute atomic E-state index is 0.0113. The molecule has 208 valence electrons. The van der Waals surface area contributed by atoms with E-state index in [-0.39, 0.29) is 11.4 Å². The van der Waals surface area contributed by atoms with Gasteiger partial charge in [0.05, 0.1) is 0 Å². The molecule has 1 amide bonds. The molecule has 0 radical (unpaired) electrons. The van der Waals surface area contributed by atoms with Crippen molar-refractivity contribution in [3.05, 3.63) is 72.3 Å². The van der Waals surface area contributed by atoms with E-state index in [2.05, 4.69) is 86.8 Å². The molecule has 1 N–H and O–H groups in total. The second kappa shape index (κ2) is 11.0. The van der Waals surface area contributed by atoms with Crippen LogP contribution in [0, 0.1) is 0 Å². The highest BCUT2D eigenvalue weighted by Crippen LogP contribution is 2.41. The smallest absolute Gasteiger partial charge is 0.408 e. The van der Waals surface area contributed by atoms with Gasteiger partial charge in [-0.15, -0.1) is 0 Å². The summed E-state index contributed by atoms with van der Waals surface area (Å²) in [6.45, 7) is 11.8. The van der Waals surface area contributed by atoms with Gasteiger partial charge in [0.1, 0.15) is 18.2 Å². The van der Waals surface area contributed by atoms with E-state index in [1.165, 1.54) is 48.5 Å². The van der Waals surface area contributed by atoms with Gasteiger partial charge in [-0.2, -0.15) is 0 Å². The van der Waals surface area contributed by atoms with Gasteiger partial charge in [0, 0.05) is 10.5 Å². The number of carbonyl (C=O) groups excluding carboxylic acids is 2. The fourth-order valence-electron chi connectivity index (χ4n) is 4.98. The molecule has 0 aliphatic carbocycles. The van der Waals surface area contributed by atoms with Gasteiger partial charge >= 0.3 is 12.1 Å². The summed E-state index contributed by atoms with van der Waals surface area (Å²) in [6.07, 6.45) is -0.634. The van der Waals surface area contributed by atoms with Gasteiger partial charge in [-0.3, -0.25) is 0 Å². The van der Waals surface area contributed by atoms with Crippen molar-refractivity contribution < 1.29 is 19.1 Å². The number of nitrogens with one attached hydrogen (secondary N) is 1. The maximum Gasteiger partial charge on any atom is 0.408 e. The van der Waals surface area contributed by atoms with Crippen molar-refractivity contribution in [1.29, 1.82) is 0 Å². The highest BCUT2D eigenvalue weighted by atomic mass is 33.1. The largest absolute Gasteiger partial charge is 0.459 e.